The number of nitrogens with zero attached hydrogens (tertiary/aromatic N) is 2. The number of furan rings is 1. The fourth-order valence-electron chi connectivity index (χ4n) is 4.53. The van der Waals surface area contributed by atoms with Crippen LogP contribution in [0.15, 0.2) is 46.9 Å². The number of hydrogen-bond donors (Lipinski definition) is 2. The summed E-state index contributed by atoms with van der Waals surface area (Å²) in [6, 6.07) is 13.0. The Morgan fingerprint density at radius 1 is 1.17 bits per heavy atom. The molecule has 7 nitrogen and oxygen atoms in total. The lowest BCUT2D eigenvalue weighted by Gasteiger charge is -2.27. The monoisotopic (exact) mass is 410 g/mol. The van der Waals surface area contributed by atoms with Crippen molar-refractivity contribution in [2.75, 3.05) is 26.7 Å². The molecule has 1 aromatic carbocycles. The van der Waals surface area contributed by atoms with E-state index in [4.69, 9.17) is 10.2 Å². The molecule has 2 aliphatic rings. The van der Waals surface area contributed by atoms with Crippen LogP contribution in [0.3, 0.4) is 0 Å². The van der Waals surface area contributed by atoms with Crippen molar-refractivity contribution < 1.29 is 14.0 Å². The first-order valence-electron chi connectivity index (χ1n) is 10.6. The van der Waals surface area contributed by atoms with Crippen LogP contribution >= 0.6 is 0 Å². The van der Waals surface area contributed by atoms with Crippen molar-refractivity contribution in [1.29, 1.82) is 0 Å². The van der Waals surface area contributed by atoms with E-state index in [0.29, 0.717) is 31.2 Å². The minimum atomic E-state index is -0.478. The lowest BCUT2D eigenvalue weighted by Crippen LogP contribution is -2.47. The maximum absolute atomic E-state index is 13.4. The summed E-state index contributed by atoms with van der Waals surface area (Å²) >= 11 is 0. The number of nitrogens with two attached hydrogens (primary N) is 1. The number of rotatable bonds is 5. The van der Waals surface area contributed by atoms with Crippen molar-refractivity contribution in [3.8, 4) is 0 Å². The van der Waals surface area contributed by atoms with Crippen LogP contribution in [-0.4, -0.2) is 60.4 Å². The predicted molar refractivity (Wildman–Crippen MR) is 114 cm³/mol. The van der Waals surface area contributed by atoms with Crippen molar-refractivity contribution in [3.05, 3.63) is 59.5 Å². The smallest absolute Gasteiger partial charge is 0.290 e. The van der Waals surface area contributed by atoms with Gasteiger partial charge in [-0.3, -0.25) is 9.59 Å². The van der Waals surface area contributed by atoms with E-state index in [9.17, 15) is 9.59 Å². The Morgan fingerprint density at radius 3 is 2.60 bits per heavy atom. The summed E-state index contributed by atoms with van der Waals surface area (Å²) in [6.45, 7) is 3.71. The highest BCUT2D eigenvalue weighted by Gasteiger charge is 2.43. The Hall–Kier alpha value is -2.64. The molecule has 0 aliphatic carbocycles. The number of amides is 2. The maximum atomic E-state index is 13.4. The zero-order chi connectivity index (χ0) is 21.3. The van der Waals surface area contributed by atoms with E-state index in [2.05, 4.69) is 17.4 Å². The third-order valence-electron chi connectivity index (χ3n) is 6.31. The van der Waals surface area contributed by atoms with Crippen LogP contribution in [0.25, 0.3) is 0 Å². The number of nitrogens with one attached hydrogen (secondary N) is 1. The molecule has 1 aromatic heterocycles. The molecule has 4 atom stereocenters. The quantitative estimate of drug-likeness (QED) is 0.788. The highest BCUT2D eigenvalue weighted by atomic mass is 16.4. The van der Waals surface area contributed by atoms with E-state index in [1.807, 2.05) is 37.1 Å². The second-order valence-electron chi connectivity index (χ2n) is 8.37. The molecule has 0 radical (unpaired) electrons. The Labute approximate surface area is 177 Å². The van der Waals surface area contributed by atoms with E-state index >= 15 is 0 Å². The number of hydrogen-bond acceptors (Lipinski definition) is 5. The summed E-state index contributed by atoms with van der Waals surface area (Å²) in [7, 11) is 1.86. The summed E-state index contributed by atoms with van der Waals surface area (Å²) in [4.78, 5) is 30.1. The van der Waals surface area contributed by atoms with Gasteiger partial charge in [0.15, 0.2) is 5.76 Å². The third-order valence-corrected chi connectivity index (χ3v) is 6.31. The van der Waals surface area contributed by atoms with Crippen molar-refractivity contribution >= 4 is 11.8 Å². The third kappa shape index (κ3) is 4.00. The molecule has 7 heteroatoms. The Balaban J connectivity index is 1.49. The van der Waals surface area contributed by atoms with Crippen LogP contribution < -0.4 is 11.1 Å². The Morgan fingerprint density at radius 2 is 1.93 bits per heavy atom. The number of carbonyl (C=O) groups excluding carboxylic acids is 2. The SMILES string of the molecule is CNC1CC(C(=O)N2CCC(c3ccccc3)C2)N(C(=O)c2ccc(C(C)N)o2)C1. The van der Waals surface area contributed by atoms with E-state index in [-0.39, 0.29) is 29.7 Å². The molecule has 4 unspecified atom stereocenters. The van der Waals surface area contributed by atoms with Crippen molar-refractivity contribution in [1.82, 2.24) is 15.1 Å². The molecule has 2 aliphatic heterocycles. The molecular weight excluding hydrogens is 380 g/mol. The molecule has 2 aromatic rings. The largest absolute Gasteiger partial charge is 0.454 e. The second kappa shape index (κ2) is 8.62. The Bertz CT molecular complexity index is 895. The molecule has 2 fully saturated rings. The topological polar surface area (TPSA) is 91.8 Å². The van der Waals surface area contributed by atoms with Gasteiger partial charge in [0.2, 0.25) is 5.91 Å². The van der Waals surface area contributed by atoms with Crippen LogP contribution in [0.1, 0.15) is 53.6 Å². The molecule has 4 rings (SSSR count). The molecule has 0 spiro atoms. The fraction of sp³-hybridized carbons (Fsp3) is 0.478. The average Bonchev–Trinajstić information content (AvgIpc) is 3.52. The lowest BCUT2D eigenvalue weighted by atomic mass is 9.99. The number of carbonyl (C=O) groups is 2. The van der Waals surface area contributed by atoms with Crippen LogP contribution in [0, 0.1) is 0 Å². The Kier molecular flexibility index (Phi) is 5.92. The molecule has 160 valence electrons. The van der Waals surface area contributed by atoms with Gasteiger partial charge < -0.3 is 25.3 Å². The molecule has 0 bridgehead atoms. The normalized spacial score (nSPS) is 25.0. The predicted octanol–water partition coefficient (Wildman–Crippen LogP) is 2.12. The van der Waals surface area contributed by atoms with Gasteiger partial charge in [0, 0.05) is 31.6 Å². The molecule has 3 heterocycles. The van der Waals surface area contributed by atoms with Gasteiger partial charge in [0.25, 0.3) is 5.91 Å². The zero-order valence-corrected chi connectivity index (χ0v) is 17.6. The minimum absolute atomic E-state index is 0.0264. The number of likely N-dealkylation sites (tertiary alicyclic amines) is 2. The van der Waals surface area contributed by atoms with Gasteiger partial charge in [-0.25, -0.2) is 0 Å². The molecule has 2 saturated heterocycles. The highest BCUT2D eigenvalue weighted by molar-refractivity contribution is 5.96. The van der Waals surface area contributed by atoms with E-state index < -0.39 is 6.04 Å². The van der Waals surface area contributed by atoms with Crippen molar-refractivity contribution in [2.24, 2.45) is 5.73 Å². The zero-order valence-electron chi connectivity index (χ0n) is 17.6. The summed E-state index contributed by atoms with van der Waals surface area (Å²) in [5, 5.41) is 3.22. The fourth-order valence-corrected chi connectivity index (χ4v) is 4.53. The van der Waals surface area contributed by atoms with E-state index in [0.717, 1.165) is 13.0 Å². The highest BCUT2D eigenvalue weighted by Crippen LogP contribution is 2.30. The van der Waals surface area contributed by atoms with Gasteiger partial charge in [0.05, 0.1) is 6.04 Å². The minimum Gasteiger partial charge on any atom is -0.454 e. The van der Waals surface area contributed by atoms with Gasteiger partial charge in [-0.2, -0.15) is 0 Å². The number of benzene rings is 1. The summed E-state index contributed by atoms with van der Waals surface area (Å²) in [6.07, 6.45) is 1.55. The lowest BCUT2D eigenvalue weighted by molar-refractivity contribution is -0.134. The standard InChI is InChI=1S/C23H30N4O3/c1-15(24)20-8-9-21(30-20)23(29)27-14-18(25-2)12-19(27)22(28)26-11-10-17(13-26)16-6-4-3-5-7-16/h3-9,15,17-19,25H,10-14,24H2,1-2H3. The van der Waals surface area contributed by atoms with Crippen LogP contribution in [-0.2, 0) is 4.79 Å². The van der Waals surface area contributed by atoms with Crippen LogP contribution in [0.2, 0.25) is 0 Å². The van der Waals surface area contributed by atoms with Crippen LogP contribution in [0.5, 0.6) is 0 Å². The van der Waals surface area contributed by atoms with Gasteiger partial charge >= 0.3 is 0 Å². The van der Waals surface area contributed by atoms with Gasteiger partial charge in [-0.05, 0) is 44.5 Å². The van der Waals surface area contributed by atoms with Gasteiger partial charge in [0.1, 0.15) is 11.8 Å². The summed E-state index contributed by atoms with van der Waals surface area (Å²) < 4.78 is 5.66. The maximum Gasteiger partial charge on any atom is 0.290 e. The molecular formula is C23H30N4O3. The van der Waals surface area contributed by atoms with E-state index in [1.165, 1.54) is 5.56 Å². The van der Waals surface area contributed by atoms with Gasteiger partial charge in [-0.15, -0.1) is 0 Å². The van der Waals surface area contributed by atoms with Crippen molar-refractivity contribution in [3.63, 3.8) is 0 Å². The first-order valence-corrected chi connectivity index (χ1v) is 10.6. The molecule has 2 amide bonds. The molecule has 30 heavy (non-hydrogen) atoms. The van der Waals surface area contributed by atoms with E-state index in [1.54, 1.807) is 17.0 Å². The second-order valence-corrected chi connectivity index (χ2v) is 8.37. The number of likely N-dealkylation sites (N-methyl/N-ethyl adjacent to an activating group) is 1. The van der Waals surface area contributed by atoms with Crippen LogP contribution in [0.4, 0.5) is 0 Å². The first kappa shape index (κ1) is 20.6. The molecule has 3 N–H and O–H groups in total. The van der Waals surface area contributed by atoms with Gasteiger partial charge in [-0.1, -0.05) is 30.3 Å². The van der Waals surface area contributed by atoms with Crippen molar-refractivity contribution in [2.45, 2.75) is 43.8 Å². The first-order chi connectivity index (χ1) is 14.5. The summed E-state index contributed by atoms with van der Waals surface area (Å²) in [5.74, 6) is 0.922. The summed E-state index contributed by atoms with van der Waals surface area (Å²) in [5.41, 5.74) is 7.12. The average molecular weight is 411 g/mol. The molecule has 0 saturated carbocycles.